The number of benzene rings is 1. The predicted molar refractivity (Wildman–Crippen MR) is 122 cm³/mol. The van der Waals surface area contributed by atoms with Gasteiger partial charge >= 0.3 is 0 Å². The van der Waals surface area contributed by atoms with E-state index < -0.39 is 0 Å². The lowest BCUT2D eigenvalue weighted by Gasteiger charge is -2.21. The second kappa shape index (κ2) is 12.7. The first-order valence-corrected chi connectivity index (χ1v) is 10.0. The van der Waals surface area contributed by atoms with Crippen LogP contribution in [-0.4, -0.2) is 49.8 Å². The third kappa shape index (κ3) is 7.92. The van der Waals surface area contributed by atoms with Crippen molar-refractivity contribution in [1.82, 2.24) is 10.6 Å². The molecule has 148 valence electrons. The lowest BCUT2D eigenvalue weighted by Crippen LogP contribution is -2.40. The zero-order valence-electron chi connectivity index (χ0n) is 16.0. The number of nitrogens with one attached hydrogen (secondary N) is 2. The zero-order valence-corrected chi connectivity index (χ0v) is 19.2. The van der Waals surface area contributed by atoms with Gasteiger partial charge in [-0.05, 0) is 38.5 Å². The monoisotopic (exact) mass is 493 g/mol. The molecule has 26 heavy (non-hydrogen) atoms. The van der Waals surface area contributed by atoms with Gasteiger partial charge in [0, 0.05) is 23.4 Å². The summed E-state index contributed by atoms with van der Waals surface area (Å²) < 4.78 is 11.4. The van der Waals surface area contributed by atoms with Gasteiger partial charge in [0.05, 0.1) is 26.9 Å². The van der Waals surface area contributed by atoms with E-state index in [2.05, 4.69) is 24.5 Å². The highest BCUT2D eigenvalue weighted by atomic mass is 127. The molecule has 0 amide bonds. The molecule has 1 heterocycles. The Morgan fingerprint density at radius 2 is 2.12 bits per heavy atom. The largest absolute Gasteiger partial charge is 0.496 e. The third-order valence-electron chi connectivity index (χ3n) is 4.21. The van der Waals surface area contributed by atoms with Gasteiger partial charge in [0.25, 0.3) is 0 Å². The molecule has 0 bridgehead atoms. The van der Waals surface area contributed by atoms with Gasteiger partial charge in [-0.3, -0.25) is 4.99 Å². The van der Waals surface area contributed by atoms with Crippen LogP contribution in [0.5, 0.6) is 5.75 Å². The summed E-state index contributed by atoms with van der Waals surface area (Å²) in [5.41, 5.74) is 1.07. The Bertz CT molecular complexity index is 551. The first kappa shape index (κ1) is 23.4. The molecule has 2 N–H and O–H groups in total. The molecule has 1 fully saturated rings. The molecule has 2 rings (SSSR count). The molecule has 0 aliphatic carbocycles. The second-order valence-corrected chi connectivity index (χ2v) is 8.07. The predicted octanol–water partition coefficient (Wildman–Crippen LogP) is 3.67. The van der Waals surface area contributed by atoms with Gasteiger partial charge in [0.1, 0.15) is 5.75 Å². The Kier molecular flexibility index (Phi) is 11.4. The highest BCUT2D eigenvalue weighted by Crippen LogP contribution is 2.37. The Balaban J connectivity index is 0.00000338. The number of aliphatic imine (C=N–C) groups is 1. The number of methoxy groups -OCH3 is 1. The molecule has 1 atom stereocenters. The number of hydrogen-bond donors (Lipinski definition) is 2. The van der Waals surface area contributed by atoms with Crippen molar-refractivity contribution in [3.8, 4) is 5.75 Å². The van der Waals surface area contributed by atoms with E-state index in [0.29, 0.717) is 18.0 Å². The van der Waals surface area contributed by atoms with E-state index in [1.165, 1.54) is 18.6 Å². The Labute approximate surface area is 179 Å². The molecule has 0 aromatic heterocycles. The van der Waals surface area contributed by atoms with Crippen LogP contribution < -0.4 is 15.4 Å². The first-order chi connectivity index (χ1) is 12.2. The fraction of sp³-hybridized carbons (Fsp3) is 0.632. The summed E-state index contributed by atoms with van der Waals surface area (Å²) in [4.78, 5) is 4.75. The van der Waals surface area contributed by atoms with Crippen LogP contribution in [0.25, 0.3) is 0 Å². The number of para-hydroxylation sites is 1. The molecule has 0 saturated carbocycles. The minimum atomic E-state index is 0. The summed E-state index contributed by atoms with van der Waals surface area (Å²) in [5, 5.41) is 6.65. The summed E-state index contributed by atoms with van der Waals surface area (Å²) in [6.07, 6.45) is 2.56. The van der Waals surface area contributed by atoms with Crippen LogP contribution in [0.1, 0.15) is 32.3 Å². The SMILES string of the molecule is CCNC(=NCC1(C)CCCS1)NCCOCc1ccccc1OC.I. The highest BCUT2D eigenvalue weighted by molar-refractivity contribution is 14.0. The molecule has 1 unspecified atom stereocenters. The molecule has 1 aromatic carbocycles. The number of nitrogens with zero attached hydrogens (tertiary/aromatic N) is 1. The van der Waals surface area contributed by atoms with E-state index in [-0.39, 0.29) is 24.0 Å². The summed E-state index contributed by atoms with van der Waals surface area (Å²) in [5.74, 6) is 3.00. The Hall–Kier alpha value is -0.670. The lowest BCUT2D eigenvalue weighted by atomic mass is 10.1. The number of halogens is 1. The standard InChI is InChI=1S/C19H31N3O2S.HI/c1-4-20-18(22-15-19(2)10-7-13-25-19)21-11-12-24-14-16-8-5-6-9-17(16)23-3;/h5-6,8-9H,4,7,10-15H2,1-3H3,(H2,20,21,22);1H. The van der Waals surface area contributed by atoms with Crippen LogP contribution in [0.2, 0.25) is 0 Å². The maximum atomic E-state index is 5.76. The molecule has 1 saturated heterocycles. The summed E-state index contributed by atoms with van der Waals surface area (Å²) in [6, 6.07) is 7.94. The minimum Gasteiger partial charge on any atom is -0.496 e. The average molecular weight is 493 g/mol. The minimum absolute atomic E-state index is 0. The van der Waals surface area contributed by atoms with E-state index in [4.69, 9.17) is 14.5 Å². The Morgan fingerprint density at radius 3 is 2.81 bits per heavy atom. The summed E-state index contributed by atoms with van der Waals surface area (Å²) in [7, 11) is 1.68. The molecule has 1 aliphatic heterocycles. The second-order valence-electron chi connectivity index (χ2n) is 6.39. The van der Waals surface area contributed by atoms with Gasteiger partial charge in [-0.15, -0.1) is 24.0 Å². The van der Waals surface area contributed by atoms with Crippen LogP contribution >= 0.6 is 35.7 Å². The van der Waals surface area contributed by atoms with Gasteiger partial charge in [-0.1, -0.05) is 18.2 Å². The van der Waals surface area contributed by atoms with Crippen LogP contribution in [-0.2, 0) is 11.3 Å². The van der Waals surface area contributed by atoms with Crippen molar-refractivity contribution in [2.24, 2.45) is 4.99 Å². The fourth-order valence-corrected chi connectivity index (χ4v) is 4.02. The lowest BCUT2D eigenvalue weighted by molar-refractivity contribution is 0.123. The molecular weight excluding hydrogens is 461 g/mol. The normalized spacial score (nSPS) is 19.7. The van der Waals surface area contributed by atoms with E-state index in [1.807, 2.05) is 36.0 Å². The average Bonchev–Trinajstić information content (AvgIpc) is 3.06. The molecule has 0 radical (unpaired) electrons. The highest BCUT2D eigenvalue weighted by Gasteiger charge is 2.29. The summed E-state index contributed by atoms with van der Waals surface area (Å²) in [6.45, 7) is 8.01. The van der Waals surface area contributed by atoms with Crippen LogP contribution in [0.3, 0.4) is 0 Å². The number of guanidine groups is 1. The van der Waals surface area contributed by atoms with Gasteiger partial charge < -0.3 is 20.1 Å². The van der Waals surface area contributed by atoms with E-state index in [1.54, 1.807) is 7.11 Å². The van der Waals surface area contributed by atoms with E-state index >= 15 is 0 Å². The van der Waals surface area contributed by atoms with Gasteiger partial charge in [-0.2, -0.15) is 11.8 Å². The van der Waals surface area contributed by atoms with Crippen molar-refractivity contribution in [2.75, 3.05) is 39.1 Å². The van der Waals surface area contributed by atoms with Crippen LogP contribution in [0.15, 0.2) is 29.3 Å². The summed E-state index contributed by atoms with van der Waals surface area (Å²) >= 11 is 2.04. The molecule has 1 aliphatic rings. The first-order valence-electron chi connectivity index (χ1n) is 9.02. The maximum Gasteiger partial charge on any atom is 0.191 e. The number of thioether (sulfide) groups is 1. The zero-order chi connectivity index (χ0) is 18.0. The molecule has 1 aromatic rings. The van der Waals surface area contributed by atoms with E-state index in [0.717, 1.165) is 36.9 Å². The van der Waals surface area contributed by atoms with Crippen molar-refractivity contribution >= 4 is 41.7 Å². The molecule has 7 heteroatoms. The topological polar surface area (TPSA) is 54.9 Å². The van der Waals surface area contributed by atoms with Crippen molar-refractivity contribution in [1.29, 1.82) is 0 Å². The van der Waals surface area contributed by atoms with Crippen molar-refractivity contribution in [3.63, 3.8) is 0 Å². The Morgan fingerprint density at radius 1 is 1.31 bits per heavy atom. The van der Waals surface area contributed by atoms with Crippen molar-refractivity contribution < 1.29 is 9.47 Å². The fourth-order valence-electron chi connectivity index (χ4n) is 2.80. The quantitative estimate of drug-likeness (QED) is 0.238. The van der Waals surface area contributed by atoms with Gasteiger partial charge in [0.15, 0.2) is 5.96 Å². The van der Waals surface area contributed by atoms with Crippen molar-refractivity contribution in [3.05, 3.63) is 29.8 Å². The van der Waals surface area contributed by atoms with Gasteiger partial charge in [-0.25, -0.2) is 0 Å². The van der Waals surface area contributed by atoms with E-state index in [9.17, 15) is 0 Å². The smallest absolute Gasteiger partial charge is 0.191 e. The number of ether oxygens (including phenoxy) is 2. The molecule has 0 spiro atoms. The number of hydrogen-bond acceptors (Lipinski definition) is 4. The molecular formula is C19H32IN3O2S. The number of rotatable bonds is 9. The molecule has 5 nitrogen and oxygen atoms in total. The van der Waals surface area contributed by atoms with Gasteiger partial charge in [0.2, 0.25) is 0 Å². The van der Waals surface area contributed by atoms with Crippen LogP contribution in [0.4, 0.5) is 0 Å². The van der Waals surface area contributed by atoms with Crippen LogP contribution in [0, 0.1) is 0 Å². The third-order valence-corrected chi connectivity index (χ3v) is 5.73. The van der Waals surface area contributed by atoms with Crippen molar-refractivity contribution in [2.45, 2.75) is 38.0 Å². The maximum absolute atomic E-state index is 5.76.